The Morgan fingerprint density at radius 1 is 1.28 bits per heavy atom. The molecule has 0 spiro atoms. The first-order chi connectivity index (χ1) is 15.0. The number of nitrogens with zero attached hydrogens (tertiary/aromatic N) is 3. The average molecular weight is 465 g/mol. The summed E-state index contributed by atoms with van der Waals surface area (Å²) in [4.78, 5) is 22.4. The molecule has 10 heteroatoms. The van der Waals surface area contributed by atoms with Gasteiger partial charge in [-0.1, -0.05) is 13.8 Å². The maximum Gasteiger partial charge on any atom is 0.222 e. The molecule has 0 aliphatic carbocycles. The standard InChI is InChI=1S/C22H29FN4O4S/c1-14(2)11-20(28)27-9-7-16(8-10-27)31-22-15(3)21(24-13-25-22)26-19-6-5-17(12-18(19)23)32(4,29)30/h5-6,12-14,16H,7-11H2,1-4H3,(H,24,25,26). The fraction of sp³-hybridized carbons (Fsp3) is 0.500. The van der Waals surface area contributed by atoms with E-state index in [1.165, 1.54) is 18.5 Å². The van der Waals surface area contributed by atoms with Crippen LogP contribution in [0, 0.1) is 18.7 Å². The van der Waals surface area contributed by atoms with Crippen LogP contribution in [0.2, 0.25) is 0 Å². The maximum atomic E-state index is 14.4. The van der Waals surface area contributed by atoms with Crippen molar-refractivity contribution in [3.63, 3.8) is 0 Å². The molecule has 1 aliphatic rings. The number of aromatic nitrogens is 2. The Balaban J connectivity index is 1.66. The van der Waals surface area contributed by atoms with Gasteiger partial charge in [0.2, 0.25) is 11.8 Å². The number of anilines is 2. The Bertz CT molecular complexity index is 1080. The second kappa shape index (κ2) is 9.81. The van der Waals surface area contributed by atoms with Crippen LogP contribution >= 0.6 is 0 Å². The van der Waals surface area contributed by atoms with Gasteiger partial charge in [-0.15, -0.1) is 0 Å². The summed E-state index contributed by atoms with van der Waals surface area (Å²) in [6, 6.07) is 3.67. The van der Waals surface area contributed by atoms with Crippen molar-refractivity contribution in [2.75, 3.05) is 24.7 Å². The fourth-order valence-corrected chi connectivity index (χ4v) is 4.13. The molecule has 32 heavy (non-hydrogen) atoms. The third-order valence-electron chi connectivity index (χ3n) is 5.32. The van der Waals surface area contributed by atoms with Gasteiger partial charge in [-0.3, -0.25) is 4.79 Å². The third kappa shape index (κ3) is 5.93. The molecule has 3 rings (SSSR count). The summed E-state index contributed by atoms with van der Waals surface area (Å²) in [7, 11) is -3.50. The maximum absolute atomic E-state index is 14.4. The van der Waals surface area contributed by atoms with E-state index in [0.29, 0.717) is 55.5 Å². The summed E-state index contributed by atoms with van der Waals surface area (Å²) in [6.07, 6.45) is 4.24. The van der Waals surface area contributed by atoms with Crippen LogP contribution in [0.25, 0.3) is 0 Å². The minimum atomic E-state index is -3.50. The van der Waals surface area contributed by atoms with Crippen LogP contribution in [0.5, 0.6) is 5.88 Å². The first-order valence-corrected chi connectivity index (χ1v) is 12.5. The number of likely N-dealkylation sites (tertiary alicyclic amines) is 1. The van der Waals surface area contributed by atoms with Gasteiger partial charge in [0.15, 0.2) is 9.84 Å². The quantitative estimate of drug-likeness (QED) is 0.669. The Hall–Kier alpha value is -2.75. The molecule has 1 aromatic carbocycles. The Morgan fingerprint density at radius 2 is 1.97 bits per heavy atom. The topological polar surface area (TPSA) is 101 Å². The number of hydrogen-bond donors (Lipinski definition) is 1. The summed E-state index contributed by atoms with van der Waals surface area (Å²) in [5, 5.41) is 2.88. The Kier molecular flexibility index (Phi) is 7.33. The second-order valence-electron chi connectivity index (χ2n) is 8.49. The van der Waals surface area contributed by atoms with Crippen molar-refractivity contribution in [1.82, 2.24) is 14.9 Å². The molecule has 2 aromatic rings. The molecular weight excluding hydrogens is 435 g/mol. The van der Waals surface area contributed by atoms with Crippen molar-refractivity contribution < 1.29 is 22.3 Å². The van der Waals surface area contributed by atoms with Crippen LogP contribution in [-0.2, 0) is 14.6 Å². The zero-order chi connectivity index (χ0) is 23.5. The van der Waals surface area contributed by atoms with E-state index in [4.69, 9.17) is 4.74 Å². The highest BCUT2D eigenvalue weighted by molar-refractivity contribution is 7.90. The molecule has 174 valence electrons. The van der Waals surface area contributed by atoms with Gasteiger partial charge >= 0.3 is 0 Å². The van der Waals surface area contributed by atoms with Crippen LogP contribution in [0.15, 0.2) is 29.4 Å². The number of carbonyl (C=O) groups is 1. The summed E-state index contributed by atoms with van der Waals surface area (Å²) >= 11 is 0. The van der Waals surface area contributed by atoms with E-state index in [1.807, 2.05) is 18.7 Å². The first kappa shape index (κ1) is 23.9. The van der Waals surface area contributed by atoms with Crippen molar-refractivity contribution in [3.05, 3.63) is 35.9 Å². The number of ether oxygens (including phenoxy) is 1. The number of piperidine rings is 1. The van der Waals surface area contributed by atoms with E-state index in [2.05, 4.69) is 15.3 Å². The van der Waals surface area contributed by atoms with Gasteiger partial charge in [-0.05, 0) is 31.0 Å². The SMILES string of the molecule is Cc1c(Nc2ccc(S(C)(=O)=O)cc2F)ncnc1OC1CCN(C(=O)CC(C)C)CC1. The highest BCUT2D eigenvalue weighted by atomic mass is 32.2. The molecule has 0 bridgehead atoms. The van der Waals surface area contributed by atoms with Gasteiger partial charge in [0.25, 0.3) is 0 Å². The van der Waals surface area contributed by atoms with Crippen molar-refractivity contribution in [2.45, 2.75) is 51.0 Å². The van der Waals surface area contributed by atoms with Crippen LogP contribution in [0.3, 0.4) is 0 Å². The van der Waals surface area contributed by atoms with Gasteiger partial charge in [0.1, 0.15) is 24.1 Å². The highest BCUT2D eigenvalue weighted by Crippen LogP contribution is 2.28. The second-order valence-corrected chi connectivity index (χ2v) is 10.5. The van der Waals surface area contributed by atoms with Gasteiger partial charge in [0.05, 0.1) is 16.1 Å². The van der Waals surface area contributed by atoms with Gasteiger partial charge < -0.3 is 15.0 Å². The van der Waals surface area contributed by atoms with E-state index in [0.717, 1.165) is 12.3 Å². The number of carbonyl (C=O) groups excluding carboxylic acids is 1. The molecule has 1 amide bonds. The number of hydrogen-bond acceptors (Lipinski definition) is 7. The van der Waals surface area contributed by atoms with Crippen molar-refractivity contribution >= 4 is 27.2 Å². The molecule has 0 unspecified atom stereocenters. The average Bonchev–Trinajstić information content (AvgIpc) is 2.71. The van der Waals surface area contributed by atoms with Crippen LogP contribution < -0.4 is 10.1 Å². The lowest BCUT2D eigenvalue weighted by Gasteiger charge is -2.32. The Morgan fingerprint density at radius 3 is 2.56 bits per heavy atom. The molecule has 1 N–H and O–H groups in total. The largest absolute Gasteiger partial charge is 0.474 e. The van der Waals surface area contributed by atoms with E-state index < -0.39 is 15.7 Å². The number of benzene rings is 1. The molecule has 1 saturated heterocycles. The predicted molar refractivity (Wildman–Crippen MR) is 119 cm³/mol. The lowest BCUT2D eigenvalue weighted by Crippen LogP contribution is -2.42. The summed E-state index contributed by atoms with van der Waals surface area (Å²) < 4.78 is 43.7. The number of halogens is 1. The van der Waals surface area contributed by atoms with Crippen LogP contribution in [0.1, 0.15) is 38.7 Å². The molecule has 0 saturated carbocycles. The van der Waals surface area contributed by atoms with Crippen LogP contribution in [0.4, 0.5) is 15.9 Å². The summed E-state index contributed by atoms with van der Waals surface area (Å²) in [5.41, 5.74) is 0.708. The van der Waals surface area contributed by atoms with Crippen molar-refractivity contribution in [2.24, 2.45) is 5.92 Å². The fourth-order valence-electron chi connectivity index (χ4n) is 3.49. The zero-order valence-electron chi connectivity index (χ0n) is 18.8. The Labute approximate surface area is 188 Å². The zero-order valence-corrected chi connectivity index (χ0v) is 19.6. The van der Waals surface area contributed by atoms with Crippen molar-refractivity contribution in [1.29, 1.82) is 0 Å². The monoisotopic (exact) mass is 464 g/mol. The molecule has 2 heterocycles. The smallest absolute Gasteiger partial charge is 0.222 e. The van der Waals surface area contributed by atoms with E-state index in [1.54, 1.807) is 6.92 Å². The minimum absolute atomic E-state index is 0.0784. The normalized spacial score (nSPS) is 15.1. The summed E-state index contributed by atoms with van der Waals surface area (Å²) in [5.74, 6) is 0.561. The van der Waals surface area contributed by atoms with E-state index in [-0.39, 0.29) is 22.6 Å². The lowest BCUT2D eigenvalue weighted by atomic mass is 10.1. The minimum Gasteiger partial charge on any atom is -0.474 e. The molecule has 1 fully saturated rings. The van der Waals surface area contributed by atoms with Gasteiger partial charge in [0, 0.05) is 38.6 Å². The first-order valence-electron chi connectivity index (χ1n) is 10.6. The molecule has 0 atom stereocenters. The molecule has 8 nitrogen and oxygen atoms in total. The summed E-state index contributed by atoms with van der Waals surface area (Å²) in [6.45, 7) is 7.11. The van der Waals surface area contributed by atoms with Gasteiger partial charge in [-0.25, -0.2) is 22.8 Å². The molecular formula is C22H29FN4O4S. The third-order valence-corrected chi connectivity index (χ3v) is 6.43. The number of sulfone groups is 1. The molecule has 0 radical (unpaired) electrons. The van der Waals surface area contributed by atoms with Crippen molar-refractivity contribution in [3.8, 4) is 5.88 Å². The lowest BCUT2D eigenvalue weighted by molar-refractivity contribution is -0.133. The van der Waals surface area contributed by atoms with Gasteiger partial charge in [-0.2, -0.15) is 0 Å². The number of rotatable bonds is 7. The highest BCUT2D eigenvalue weighted by Gasteiger charge is 2.25. The molecule has 1 aliphatic heterocycles. The number of nitrogens with one attached hydrogen (secondary N) is 1. The molecule has 1 aromatic heterocycles. The van der Waals surface area contributed by atoms with E-state index in [9.17, 15) is 17.6 Å². The number of amides is 1. The predicted octanol–water partition coefficient (Wildman–Crippen LogP) is 3.49. The van der Waals surface area contributed by atoms with E-state index >= 15 is 0 Å². The van der Waals surface area contributed by atoms with Crippen LogP contribution in [-0.4, -0.2) is 54.6 Å².